The van der Waals surface area contributed by atoms with Crippen molar-refractivity contribution >= 4 is 29.9 Å². The fourth-order valence-electron chi connectivity index (χ4n) is 2.42. The van der Waals surface area contributed by atoms with Crippen molar-refractivity contribution in [2.45, 2.75) is 25.9 Å². The average molecular weight is 356 g/mol. The highest BCUT2D eigenvalue weighted by Crippen LogP contribution is 2.10. The molecular formula is C17H26ClN3O3. The zero-order valence-electron chi connectivity index (χ0n) is 14.2. The Morgan fingerprint density at radius 2 is 2.00 bits per heavy atom. The smallest absolute Gasteiger partial charge is 0.243 e. The summed E-state index contributed by atoms with van der Waals surface area (Å²) in [5, 5.41) is 5.87. The van der Waals surface area contributed by atoms with Crippen molar-refractivity contribution in [1.82, 2.24) is 10.2 Å². The molecule has 0 radical (unpaired) electrons. The van der Waals surface area contributed by atoms with Gasteiger partial charge >= 0.3 is 0 Å². The summed E-state index contributed by atoms with van der Waals surface area (Å²) in [5.74, 6) is -0.314. The number of anilines is 1. The molecule has 134 valence electrons. The van der Waals surface area contributed by atoms with Gasteiger partial charge in [-0.15, -0.1) is 12.4 Å². The number of carbonyl (C=O) groups excluding carboxylic acids is 2. The van der Waals surface area contributed by atoms with Gasteiger partial charge in [-0.25, -0.2) is 0 Å². The minimum atomic E-state index is -0.205. The summed E-state index contributed by atoms with van der Waals surface area (Å²) < 4.78 is 5.48. The van der Waals surface area contributed by atoms with Gasteiger partial charge in [0.05, 0.1) is 19.2 Å². The third-order valence-electron chi connectivity index (χ3n) is 3.81. The number of benzene rings is 1. The van der Waals surface area contributed by atoms with Gasteiger partial charge in [-0.05, 0) is 31.9 Å². The van der Waals surface area contributed by atoms with Crippen LogP contribution in [-0.4, -0.2) is 56.1 Å². The first-order chi connectivity index (χ1) is 11.0. The second kappa shape index (κ2) is 10.3. The Labute approximate surface area is 149 Å². The molecule has 7 heteroatoms. The number of likely N-dealkylation sites (N-methyl/N-ethyl adjacent to an activating group) is 1. The van der Waals surface area contributed by atoms with Crippen LogP contribution < -0.4 is 10.6 Å². The third-order valence-corrected chi connectivity index (χ3v) is 3.81. The van der Waals surface area contributed by atoms with E-state index in [9.17, 15) is 9.59 Å². The van der Waals surface area contributed by atoms with E-state index >= 15 is 0 Å². The van der Waals surface area contributed by atoms with Crippen LogP contribution in [0.15, 0.2) is 24.3 Å². The molecule has 24 heavy (non-hydrogen) atoms. The molecule has 1 fully saturated rings. The van der Waals surface area contributed by atoms with Crippen molar-refractivity contribution in [1.29, 1.82) is 0 Å². The zero-order chi connectivity index (χ0) is 16.7. The maximum atomic E-state index is 12.0. The molecule has 1 aliphatic rings. The molecule has 1 aromatic carbocycles. The van der Waals surface area contributed by atoms with Crippen LogP contribution in [0.5, 0.6) is 0 Å². The van der Waals surface area contributed by atoms with Gasteiger partial charge in [-0.3, -0.25) is 9.59 Å². The highest BCUT2D eigenvalue weighted by molar-refractivity contribution is 5.94. The number of rotatable bonds is 7. The maximum absolute atomic E-state index is 12.0. The highest BCUT2D eigenvalue weighted by Gasteiger charge is 2.17. The number of hydrogen-bond acceptors (Lipinski definition) is 4. The van der Waals surface area contributed by atoms with E-state index in [1.165, 1.54) is 4.90 Å². The van der Waals surface area contributed by atoms with Crippen LogP contribution in [0.1, 0.15) is 18.4 Å². The van der Waals surface area contributed by atoms with E-state index in [2.05, 4.69) is 10.6 Å². The molecule has 1 heterocycles. The lowest BCUT2D eigenvalue weighted by molar-refractivity contribution is -0.132. The fourth-order valence-corrected chi connectivity index (χ4v) is 2.42. The maximum Gasteiger partial charge on any atom is 0.243 e. The lowest BCUT2D eigenvalue weighted by atomic mass is 10.2. The van der Waals surface area contributed by atoms with E-state index in [1.54, 1.807) is 7.05 Å². The van der Waals surface area contributed by atoms with Crippen LogP contribution in [-0.2, 0) is 14.3 Å². The second-order valence-corrected chi connectivity index (χ2v) is 5.93. The normalized spacial score (nSPS) is 16.3. The van der Waals surface area contributed by atoms with E-state index in [4.69, 9.17) is 4.74 Å². The summed E-state index contributed by atoms with van der Waals surface area (Å²) in [6.45, 7) is 3.72. The Morgan fingerprint density at radius 1 is 1.29 bits per heavy atom. The van der Waals surface area contributed by atoms with Gasteiger partial charge in [0.15, 0.2) is 0 Å². The Kier molecular flexibility index (Phi) is 8.74. The lowest BCUT2D eigenvalue weighted by Gasteiger charge is -2.18. The zero-order valence-corrected chi connectivity index (χ0v) is 15.0. The van der Waals surface area contributed by atoms with Crippen LogP contribution in [0.3, 0.4) is 0 Å². The summed E-state index contributed by atoms with van der Waals surface area (Å²) in [6, 6.07) is 7.55. The molecule has 1 unspecified atom stereocenters. The molecule has 0 aromatic heterocycles. The Hall–Kier alpha value is -1.63. The summed E-state index contributed by atoms with van der Waals surface area (Å²) in [5.41, 5.74) is 1.87. The predicted octanol–water partition coefficient (Wildman–Crippen LogP) is 1.58. The Bertz CT molecular complexity index is 530. The van der Waals surface area contributed by atoms with Crippen LogP contribution in [0.4, 0.5) is 5.69 Å². The SMILES string of the molecule is Cc1ccc(NC(=O)CN(C)C(=O)CNCC2CCCO2)cc1.Cl. The number of nitrogens with zero attached hydrogens (tertiary/aromatic N) is 1. The van der Waals surface area contributed by atoms with Gasteiger partial charge < -0.3 is 20.3 Å². The van der Waals surface area contributed by atoms with E-state index < -0.39 is 0 Å². The fraction of sp³-hybridized carbons (Fsp3) is 0.529. The molecule has 0 bridgehead atoms. The monoisotopic (exact) mass is 355 g/mol. The third kappa shape index (κ3) is 6.86. The van der Waals surface area contributed by atoms with E-state index in [0.29, 0.717) is 6.54 Å². The van der Waals surface area contributed by atoms with Gasteiger partial charge in [0, 0.05) is 25.9 Å². The summed E-state index contributed by atoms with van der Waals surface area (Å²) in [4.78, 5) is 25.4. The molecular weight excluding hydrogens is 330 g/mol. The molecule has 2 rings (SSSR count). The molecule has 6 nitrogen and oxygen atoms in total. The largest absolute Gasteiger partial charge is 0.377 e. The standard InChI is InChI=1S/C17H25N3O3.ClH/c1-13-5-7-14(8-6-13)19-16(21)12-20(2)17(22)11-18-10-15-4-3-9-23-15;/h5-8,15,18H,3-4,9-12H2,1-2H3,(H,19,21);1H. The summed E-state index contributed by atoms with van der Waals surface area (Å²) in [6.07, 6.45) is 2.33. The molecule has 2 N–H and O–H groups in total. The Morgan fingerprint density at radius 3 is 2.62 bits per heavy atom. The van der Waals surface area contributed by atoms with Crippen molar-refractivity contribution in [3.63, 3.8) is 0 Å². The van der Waals surface area contributed by atoms with Gasteiger partial charge in [-0.2, -0.15) is 0 Å². The van der Waals surface area contributed by atoms with Gasteiger partial charge in [0.2, 0.25) is 11.8 Å². The van der Waals surface area contributed by atoms with Crippen LogP contribution in [0.2, 0.25) is 0 Å². The first-order valence-corrected chi connectivity index (χ1v) is 7.97. The number of hydrogen-bond donors (Lipinski definition) is 2. The van der Waals surface area contributed by atoms with Gasteiger partial charge in [0.25, 0.3) is 0 Å². The second-order valence-electron chi connectivity index (χ2n) is 5.93. The summed E-state index contributed by atoms with van der Waals surface area (Å²) in [7, 11) is 1.63. The number of ether oxygens (including phenoxy) is 1. The quantitative estimate of drug-likeness (QED) is 0.779. The van der Waals surface area contributed by atoms with Gasteiger partial charge in [-0.1, -0.05) is 17.7 Å². The average Bonchev–Trinajstić information content (AvgIpc) is 3.02. The predicted molar refractivity (Wildman–Crippen MR) is 96.5 cm³/mol. The van der Waals surface area contributed by atoms with Crippen molar-refractivity contribution in [2.75, 3.05) is 38.6 Å². The van der Waals surface area contributed by atoms with Crippen LogP contribution >= 0.6 is 12.4 Å². The number of aryl methyl sites for hydroxylation is 1. The van der Waals surface area contributed by atoms with Crippen LogP contribution in [0, 0.1) is 6.92 Å². The first-order valence-electron chi connectivity index (χ1n) is 7.97. The van der Waals surface area contributed by atoms with E-state index in [1.807, 2.05) is 31.2 Å². The molecule has 2 amide bonds. The molecule has 0 saturated carbocycles. The minimum absolute atomic E-state index is 0. The number of amides is 2. The molecule has 1 saturated heterocycles. The topological polar surface area (TPSA) is 70.7 Å². The van der Waals surface area contributed by atoms with Crippen molar-refractivity contribution in [3.8, 4) is 0 Å². The molecule has 1 atom stereocenters. The molecule has 1 aliphatic heterocycles. The number of halogens is 1. The van der Waals surface area contributed by atoms with Crippen LogP contribution in [0.25, 0.3) is 0 Å². The summed E-state index contributed by atoms with van der Waals surface area (Å²) >= 11 is 0. The van der Waals surface area contributed by atoms with Crippen molar-refractivity contribution in [3.05, 3.63) is 29.8 Å². The van der Waals surface area contributed by atoms with Crippen molar-refractivity contribution in [2.24, 2.45) is 0 Å². The minimum Gasteiger partial charge on any atom is -0.377 e. The van der Waals surface area contributed by atoms with E-state index in [0.717, 1.165) is 30.7 Å². The number of nitrogens with one attached hydrogen (secondary N) is 2. The highest BCUT2D eigenvalue weighted by atomic mass is 35.5. The Balaban J connectivity index is 0.00000288. The molecule has 1 aromatic rings. The first kappa shape index (κ1) is 20.4. The number of carbonyl (C=O) groups is 2. The molecule has 0 spiro atoms. The molecule has 0 aliphatic carbocycles. The lowest BCUT2D eigenvalue weighted by Crippen LogP contribution is -2.41. The van der Waals surface area contributed by atoms with E-state index in [-0.39, 0.29) is 43.4 Å². The van der Waals surface area contributed by atoms with Crippen molar-refractivity contribution < 1.29 is 14.3 Å². The van der Waals surface area contributed by atoms with Gasteiger partial charge in [0.1, 0.15) is 0 Å².